The van der Waals surface area contributed by atoms with Crippen LogP contribution < -0.4 is 24.4 Å². The predicted octanol–water partition coefficient (Wildman–Crippen LogP) is 6.15. The lowest BCUT2D eigenvalue weighted by molar-refractivity contribution is 0.0593. The molecule has 12 nitrogen and oxygen atoms in total. The SMILES string of the molecule is COC(=O)c1cnc2sc3cc(Oc4ccccc4CNC(=O)Nc4cc(C(C)(C)C)cc(N(C)S(C)(=O)=O)c4OC)ccc3n12. The summed E-state index contributed by atoms with van der Waals surface area (Å²) in [4.78, 5) is 30.3. The maximum atomic E-state index is 13.2. The summed E-state index contributed by atoms with van der Waals surface area (Å²) in [5, 5.41) is 5.69. The minimum absolute atomic E-state index is 0.136. The number of nitrogens with one attached hydrogen (secondary N) is 2. The molecule has 14 heteroatoms. The Labute approximate surface area is 271 Å². The Morgan fingerprint density at radius 1 is 1.07 bits per heavy atom. The zero-order valence-electron chi connectivity index (χ0n) is 26.5. The highest BCUT2D eigenvalue weighted by Crippen LogP contribution is 2.41. The number of para-hydroxylation sites is 1. The summed E-state index contributed by atoms with van der Waals surface area (Å²) in [5.74, 6) is 0.859. The molecule has 0 radical (unpaired) electrons. The van der Waals surface area contributed by atoms with Crippen molar-refractivity contribution in [3.05, 3.63) is 77.6 Å². The minimum Gasteiger partial charge on any atom is -0.492 e. The van der Waals surface area contributed by atoms with Gasteiger partial charge in [0.05, 0.1) is 48.3 Å². The monoisotopic (exact) mass is 665 g/mol. The van der Waals surface area contributed by atoms with Gasteiger partial charge in [0, 0.05) is 25.2 Å². The molecule has 242 valence electrons. The topological polar surface area (TPSA) is 141 Å². The number of esters is 1. The molecule has 0 atom stereocenters. The number of imidazole rings is 1. The number of sulfonamides is 1. The lowest BCUT2D eigenvalue weighted by Gasteiger charge is -2.27. The van der Waals surface area contributed by atoms with E-state index >= 15 is 0 Å². The number of carbonyl (C=O) groups excluding carboxylic acids is 2. The van der Waals surface area contributed by atoms with E-state index in [-0.39, 0.29) is 17.7 Å². The number of thiazole rings is 1. The molecule has 46 heavy (non-hydrogen) atoms. The number of aromatic nitrogens is 2. The second-order valence-corrected chi connectivity index (χ2v) is 14.6. The van der Waals surface area contributed by atoms with E-state index in [4.69, 9.17) is 14.2 Å². The van der Waals surface area contributed by atoms with Gasteiger partial charge < -0.3 is 24.8 Å². The Morgan fingerprint density at radius 2 is 1.80 bits per heavy atom. The van der Waals surface area contributed by atoms with Crippen LogP contribution >= 0.6 is 11.3 Å². The van der Waals surface area contributed by atoms with Crippen molar-refractivity contribution in [2.75, 3.05) is 37.1 Å². The molecule has 0 aliphatic heterocycles. The van der Waals surface area contributed by atoms with E-state index in [0.29, 0.717) is 33.5 Å². The summed E-state index contributed by atoms with van der Waals surface area (Å²) in [6, 6.07) is 15.9. The van der Waals surface area contributed by atoms with E-state index in [9.17, 15) is 18.0 Å². The number of nitrogens with zero attached hydrogens (tertiary/aromatic N) is 3. The van der Waals surface area contributed by atoms with Crippen molar-refractivity contribution in [2.45, 2.75) is 32.7 Å². The fourth-order valence-corrected chi connectivity index (χ4v) is 6.32. The molecule has 2 heterocycles. The molecule has 5 aromatic rings. The summed E-state index contributed by atoms with van der Waals surface area (Å²) in [6.45, 7) is 6.12. The minimum atomic E-state index is -3.61. The third kappa shape index (κ3) is 6.58. The molecule has 0 unspecified atom stereocenters. The molecule has 0 saturated heterocycles. The van der Waals surface area contributed by atoms with Crippen molar-refractivity contribution < 1.29 is 32.2 Å². The number of rotatable bonds is 9. The molecular weight excluding hydrogens is 631 g/mol. The lowest BCUT2D eigenvalue weighted by Crippen LogP contribution is -2.30. The van der Waals surface area contributed by atoms with E-state index in [2.05, 4.69) is 15.6 Å². The van der Waals surface area contributed by atoms with Gasteiger partial charge in [0.15, 0.2) is 16.4 Å². The molecule has 2 amide bonds. The Hall–Kier alpha value is -4.82. The molecule has 0 bridgehead atoms. The number of urea groups is 1. The van der Waals surface area contributed by atoms with Crippen LogP contribution in [0.5, 0.6) is 17.2 Å². The summed E-state index contributed by atoms with van der Waals surface area (Å²) >= 11 is 1.42. The Balaban J connectivity index is 1.36. The summed E-state index contributed by atoms with van der Waals surface area (Å²) in [6.07, 6.45) is 2.60. The Kier molecular flexibility index (Phi) is 8.87. The molecular formula is C32H35N5O7S2. The first-order chi connectivity index (χ1) is 21.7. The van der Waals surface area contributed by atoms with E-state index in [1.54, 1.807) is 28.7 Å². The van der Waals surface area contributed by atoms with Gasteiger partial charge in [-0.2, -0.15) is 0 Å². The smallest absolute Gasteiger partial charge is 0.356 e. The normalized spacial score (nSPS) is 11.8. The van der Waals surface area contributed by atoms with Crippen LogP contribution in [0.15, 0.2) is 60.8 Å². The van der Waals surface area contributed by atoms with Crippen molar-refractivity contribution in [3.63, 3.8) is 0 Å². The first kappa shape index (κ1) is 32.6. The zero-order valence-corrected chi connectivity index (χ0v) is 28.1. The van der Waals surface area contributed by atoms with Gasteiger partial charge >= 0.3 is 12.0 Å². The van der Waals surface area contributed by atoms with Gasteiger partial charge in [-0.25, -0.2) is 23.0 Å². The van der Waals surface area contributed by atoms with Crippen LogP contribution in [0, 0.1) is 0 Å². The van der Waals surface area contributed by atoms with Crippen molar-refractivity contribution in [1.82, 2.24) is 14.7 Å². The number of ether oxygens (including phenoxy) is 3. The number of carbonyl (C=O) groups is 2. The second-order valence-electron chi connectivity index (χ2n) is 11.6. The van der Waals surface area contributed by atoms with Crippen LogP contribution in [0.2, 0.25) is 0 Å². The molecule has 5 rings (SSSR count). The van der Waals surface area contributed by atoms with E-state index in [1.807, 2.05) is 51.1 Å². The van der Waals surface area contributed by atoms with Crippen molar-refractivity contribution in [3.8, 4) is 17.2 Å². The maximum absolute atomic E-state index is 13.2. The molecule has 0 saturated carbocycles. The predicted molar refractivity (Wildman–Crippen MR) is 179 cm³/mol. The van der Waals surface area contributed by atoms with Crippen LogP contribution in [-0.4, -0.2) is 57.3 Å². The summed E-state index contributed by atoms with van der Waals surface area (Å²) < 4.78 is 45.2. The average molecular weight is 666 g/mol. The molecule has 3 aromatic carbocycles. The second kappa shape index (κ2) is 12.5. The summed E-state index contributed by atoms with van der Waals surface area (Å²) in [7, 11) is 0.584. The number of hydrogen-bond donors (Lipinski definition) is 2. The quantitative estimate of drug-likeness (QED) is 0.179. The van der Waals surface area contributed by atoms with Crippen molar-refractivity contribution >= 4 is 59.9 Å². The largest absolute Gasteiger partial charge is 0.492 e. The van der Waals surface area contributed by atoms with Crippen LogP contribution in [0.25, 0.3) is 15.2 Å². The molecule has 0 aliphatic rings. The number of benzene rings is 3. The van der Waals surface area contributed by atoms with Crippen molar-refractivity contribution in [2.24, 2.45) is 0 Å². The van der Waals surface area contributed by atoms with Gasteiger partial charge in [0.25, 0.3) is 0 Å². The van der Waals surface area contributed by atoms with E-state index < -0.39 is 22.0 Å². The highest BCUT2D eigenvalue weighted by molar-refractivity contribution is 7.92. The third-order valence-electron chi connectivity index (χ3n) is 7.36. The van der Waals surface area contributed by atoms with Crippen LogP contribution in [0.4, 0.5) is 16.2 Å². The Morgan fingerprint density at radius 3 is 2.48 bits per heavy atom. The van der Waals surface area contributed by atoms with Gasteiger partial charge in [0.1, 0.15) is 11.5 Å². The van der Waals surface area contributed by atoms with E-state index in [1.165, 1.54) is 38.8 Å². The maximum Gasteiger partial charge on any atom is 0.356 e. The van der Waals surface area contributed by atoms with Gasteiger partial charge in [-0.1, -0.05) is 50.3 Å². The number of fused-ring (bicyclic) bond motifs is 3. The highest BCUT2D eigenvalue weighted by atomic mass is 32.2. The number of amides is 2. The van der Waals surface area contributed by atoms with E-state index in [0.717, 1.165) is 31.9 Å². The summed E-state index contributed by atoms with van der Waals surface area (Å²) in [5.41, 5.74) is 2.97. The van der Waals surface area contributed by atoms with Crippen molar-refractivity contribution in [1.29, 1.82) is 0 Å². The van der Waals surface area contributed by atoms with Gasteiger partial charge in [0.2, 0.25) is 10.0 Å². The number of anilines is 2. The molecule has 2 N–H and O–H groups in total. The highest BCUT2D eigenvalue weighted by Gasteiger charge is 2.25. The third-order valence-corrected chi connectivity index (χ3v) is 9.57. The van der Waals surface area contributed by atoms with Gasteiger partial charge in [-0.15, -0.1) is 0 Å². The molecule has 0 fully saturated rings. The van der Waals surface area contributed by atoms with Crippen LogP contribution in [0.1, 0.15) is 42.4 Å². The Bertz CT molecular complexity index is 2060. The first-order valence-electron chi connectivity index (χ1n) is 14.2. The fraction of sp³-hybridized carbons (Fsp3) is 0.281. The number of methoxy groups -OCH3 is 2. The molecule has 0 spiro atoms. The fourth-order valence-electron chi connectivity index (χ4n) is 4.80. The average Bonchev–Trinajstić information content (AvgIpc) is 3.57. The number of hydrogen-bond acceptors (Lipinski definition) is 9. The first-order valence-corrected chi connectivity index (χ1v) is 16.8. The molecule has 0 aliphatic carbocycles. The van der Waals surface area contributed by atoms with Crippen LogP contribution in [0.3, 0.4) is 0 Å². The standard InChI is InChI=1S/C32H35N5O7S2/c1-32(2,3)20-14-22(28(42-5)24(15-20)36(4)46(7,40)41)35-30(39)33-17-19-10-8-9-11-26(19)44-21-12-13-23-27(16-21)45-31-34-18-25(37(23)31)29(38)43-6/h8-16,18H,17H2,1-7H3,(H2,33,35,39). The van der Waals surface area contributed by atoms with Gasteiger partial charge in [-0.3, -0.25) is 8.71 Å². The lowest BCUT2D eigenvalue weighted by atomic mass is 9.86. The van der Waals surface area contributed by atoms with Gasteiger partial charge in [-0.05, 0) is 41.3 Å². The zero-order chi connectivity index (χ0) is 33.4. The van der Waals surface area contributed by atoms with Crippen LogP contribution in [-0.2, 0) is 26.7 Å². The molecule has 2 aromatic heterocycles.